The quantitative estimate of drug-likeness (QED) is 0.575. The van der Waals surface area contributed by atoms with E-state index >= 15 is 0 Å². The predicted octanol–water partition coefficient (Wildman–Crippen LogP) is 4.25. The Kier molecular flexibility index (Phi) is 7.07. The zero-order valence-electron chi connectivity index (χ0n) is 21.7. The Balaban J connectivity index is 1.37. The van der Waals surface area contributed by atoms with Gasteiger partial charge in [-0.15, -0.1) is 0 Å². The molecule has 2 aromatic carbocycles. The SMILES string of the molecule is CC(C)CN1CN(c2ccccc2)C2(CCN(C[C@@](C)(c3ccc(F)cc3)C3OCCO3)CC2)C1=O. The summed E-state index contributed by atoms with van der Waals surface area (Å²) in [5.41, 5.74) is 1.15. The lowest BCUT2D eigenvalue weighted by Gasteiger charge is -2.46. The number of likely N-dealkylation sites (tertiary alicyclic amines) is 1. The Labute approximate surface area is 214 Å². The van der Waals surface area contributed by atoms with E-state index in [1.54, 1.807) is 0 Å². The number of para-hydroxylation sites is 1. The van der Waals surface area contributed by atoms with E-state index in [9.17, 15) is 9.18 Å². The standard InChI is InChI=1S/C29H38FN3O3/c1-22(2)19-32-21-33(25-7-5-4-6-8-25)29(26(32)34)13-15-31(16-14-29)20-28(3,27-35-17-18-36-27)23-9-11-24(30)12-10-23/h4-12,22,27H,13-21H2,1-3H3/t28-/m0/s1. The van der Waals surface area contributed by atoms with Gasteiger partial charge in [-0.3, -0.25) is 4.79 Å². The lowest BCUT2D eigenvalue weighted by atomic mass is 9.79. The van der Waals surface area contributed by atoms with Crippen molar-refractivity contribution in [3.63, 3.8) is 0 Å². The molecule has 3 heterocycles. The molecule has 0 N–H and O–H groups in total. The molecular weight excluding hydrogens is 457 g/mol. The summed E-state index contributed by atoms with van der Waals surface area (Å²) in [5.74, 6) is 0.425. The molecule has 7 heteroatoms. The molecule has 0 saturated carbocycles. The van der Waals surface area contributed by atoms with Gasteiger partial charge in [-0.05, 0) is 55.5 Å². The largest absolute Gasteiger partial charge is 0.349 e. The van der Waals surface area contributed by atoms with E-state index < -0.39 is 11.0 Å². The molecular formula is C29H38FN3O3. The highest BCUT2D eigenvalue weighted by Crippen LogP contribution is 2.41. The summed E-state index contributed by atoms with van der Waals surface area (Å²) in [4.78, 5) is 20.6. The third kappa shape index (κ3) is 4.64. The number of carbonyl (C=O) groups is 1. The third-order valence-electron chi connectivity index (χ3n) is 8.05. The minimum atomic E-state index is -0.515. The van der Waals surface area contributed by atoms with Crippen LogP contribution in [0.4, 0.5) is 10.1 Å². The minimum absolute atomic E-state index is 0.249. The van der Waals surface area contributed by atoms with E-state index in [-0.39, 0.29) is 18.0 Å². The maximum atomic E-state index is 13.8. The first-order valence-corrected chi connectivity index (χ1v) is 13.2. The summed E-state index contributed by atoms with van der Waals surface area (Å²) in [6.07, 6.45) is 1.15. The van der Waals surface area contributed by atoms with Crippen LogP contribution in [0.5, 0.6) is 0 Å². The van der Waals surface area contributed by atoms with Crippen LogP contribution in [0.25, 0.3) is 0 Å². The fourth-order valence-corrected chi connectivity index (χ4v) is 6.19. The molecule has 1 spiro atoms. The molecule has 3 aliphatic heterocycles. The van der Waals surface area contributed by atoms with Crippen molar-refractivity contribution in [3.05, 3.63) is 66.0 Å². The molecule has 36 heavy (non-hydrogen) atoms. The number of piperidine rings is 1. The average Bonchev–Trinajstić information content (AvgIpc) is 3.51. The van der Waals surface area contributed by atoms with E-state index in [2.05, 4.69) is 42.7 Å². The summed E-state index contributed by atoms with van der Waals surface area (Å²) in [6, 6.07) is 17.0. The maximum Gasteiger partial charge on any atom is 0.250 e. The molecule has 0 aliphatic carbocycles. The number of nitrogens with zero attached hydrogens (tertiary/aromatic N) is 3. The number of carbonyl (C=O) groups excluding carboxylic acids is 1. The zero-order valence-corrected chi connectivity index (χ0v) is 21.7. The van der Waals surface area contributed by atoms with Crippen molar-refractivity contribution in [2.75, 3.05) is 51.0 Å². The van der Waals surface area contributed by atoms with Crippen molar-refractivity contribution in [3.8, 4) is 0 Å². The van der Waals surface area contributed by atoms with Gasteiger partial charge in [0.2, 0.25) is 5.91 Å². The van der Waals surface area contributed by atoms with Crippen molar-refractivity contribution in [1.29, 1.82) is 0 Å². The lowest BCUT2D eigenvalue weighted by Crippen LogP contribution is -2.58. The first kappa shape index (κ1) is 25.2. The van der Waals surface area contributed by atoms with Crippen molar-refractivity contribution >= 4 is 11.6 Å². The number of ether oxygens (including phenoxy) is 2. The molecule has 194 valence electrons. The van der Waals surface area contributed by atoms with Crippen LogP contribution >= 0.6 is 0 Å². The second kappa shape index (κ2) is 10.1. The lowest BCUT2D eigenvalue weighted by molar-refractivity contribution is -0.134. The third-order valence-corrected chi connectivity index (χ3v) is 8.05. The van der Waals surface area contributed by atoms with E-state index in [0.717, 1.165) is 43.7 Å². The Bertz CT molecular complexity index is 1030. The van der Waals surface area contributed by atoms with Crippen LogP contribution in [-0.4, -0.2) is 73.6 Å². The van der Waals surface area contributed by atoms with Gasteiger partial charge in [0, 0.05) is 31.9 Å². The molecule has 1 atom stereocenters. The second-order valence-electron chi connectivity index (χ2n) is 11.1. The van der Waals surface area contributed by atoms with Crippen LogP contribution < -0.4 is 4.90 Å². The average molecular weight is 496 g/mol. The zero-order chi connectivity index (χ0) is 25.3. The predicted molar refractivity (Wildman–Crippen MR) is 138 cm³/mol. The van der Waals surface area contributed by atoms with E-state index in [1.807, 2.05) is 35.2 Å². The maximum absolute atomic E-state index is 13.8. The summed E-state index contributed by atoms with van der Waals surface area (Å²) in [7, 11) is 0. The van der Waals surface area contributed by atoms with Crippen molar-refractivity contribution < 1.29 is 18.7 Å². The van der Waals surface area contributed by atoms with Crippen molar-refractivity contribution in [2.45, 2.75) is 50.9 Å². The number of amides is 1. The number of hydrogen-bond donors (Lipinski definition) is 0. The van der Waals surface area contributed by atoms with Crippen LogP contribution in [-0.2, 0) is 19.7 Å². The molecule has 2 aromatic rings. The van der Waals surface area contributed by atoms with Gasteiger partial charge in [-0.25, -0.2) is 4.39 Å². The summed E-state index contributed by atoms with van der Waals surface area (Å²) in [6.45, 7) is 11.3. The van der Waals surface area contributed by atoms with Crippen LogP contribution in [0.1, 0.15) is 39.2 Å². The number of benzene rings is 2. The summed E-state index contributed by atoms with van der Waals surface area (Å²) < 4.78 is 25.6. The molecule has 1 amide bonds. The van der Waals surface area contributed by atoms with Gasteiger partial charge >= 0.3 is 0 Å². The van der Waals surface area contributed by atoms with Gasteiger partial charge in [0.1, 0.15) is 11.4 Å². The van der Waals surface area contributed by atoms with E-state index in [1.165, 1.54) is 12.1 Å². The Morgan fingerprint density at radius 2 is 1.67 bits per heavy atom. The van der Waals surface area contributed by atoms with Crippen LogP contribution in [0.2, 0.25) is 0 Å². The first-order chi connectivity index (χ1) is 17.3. The Hall–Kier alpha value is -2.48. The van der Waals surface area contributed by atoms with Gasteiger partial charge < -0.3 is 24.2 Å². The molecule has 5 rings (SSSR count). The summed E-state index contributed by atoms with van der Waals surface area (Å²) in [5, 5.41) is 0. The Morgan fingerprint density at radius 3 is 2.28 bits per heavy atom. The molecule has 3 fully saturated rings. The number of rotatable bonds is 7. The second-order valence-corrected chi connectivity index (χ2v) is 11.1. The Morgan fingerprint density at radius 1 is 1.03 bits per heavy atom. The highest BCUT2D eigenvalue weighted by molar-refractivity contribution is 5.93. The highest BCUT2D eigenvalue weighted by atomic mass is 19.1. The van der Waals surface area contributed by atoms with Crippen molar-refractivity contribution in [1.82, 2.24) is 9.80 Å². The van der Waals surface area contributed by atoms with Gasteiger partial charge in [0.15, 0.2) is 6.29 Å². The number of anilines is 1. The number of halogens is 1. The highest BCUT2D eigenvalue weighted by Gasteiger charge is 2.54. The van der Waals surface area contributed by atoms with Gasteiger partial charge in [0.25, 0.3) is 0 Å². The van der Waals surface area contributed by atoms with Crippen LogP contribution in [0.3, 0.4) is 0 Å². The molecule has 6 nitrogen and oxygen atoms in total. The fraction of sp³-hybridized carbons (Fsp3) is 0.552. The normalized spacial score (nSPS) is 22.6. The van der Waals surface area contributed by atoms with Gasteiger partial charge in [-0.1, -0.05) is 44.2 Å². The van der Waals surface area contributed by atoms with Gasteiger partial charge in [-0.2, -0.15) is 0 Å². The molecule has 0 radical (unpaired) electrons. The molecule has 0 bridgehead atoms. The minimum Gasteiger partial charge on any atom is -0.349 e. The monoisotopic (exact) mass is 495 g/mol. The molecule has 0 aromatic heterocycles. The van der Waals surface area contributed by atoms with Gasteiger partial charge in [0.05, 0.1) is 25.3 Å². The molecule has 3 saturated heterocycles. The number of hydrogen-bond acceptors (Lipinski definition) is 5. The fourth-order valence-electron chi connectivity index (χ4n) is 6.19. The topological polar surface area (TPSA) is 45.2 Å². The van der Waals surface area contributed by atoms with Crippen molar-refractivity contribution in [2.24, 2.45) is 5.92 Å². The van der Waals surface area contributed by atoms with E-state index in [0.29, 0.717) is 32.3 Å². The van der Waals surface area contributed by atoms with E-state index in [4.69, 9.17) is 9.47 Å². The first-order valence-electron chi connectivity index (χ1n) is 13.2. The van der Waals surface area contributed by atoms with Crippen LogP contribution in [0.15, 0.2) is 54.6 Å². The molecule has 3 aliphatic rings. The molecule has 0 unspecified atom stereocenters. The summed E-state index contributed by atoms with van der Waals surface area (Å²) >= 11 is 0. The smallest absolute Gasteiger partial charge is 0.250 e. The van der Waals surface area contributed by atoms with Crippen LogP contribution in [0, 0.1) is 11.7 Å².